The van der Waals surface area contributed by atoms with Gasteiger partial charge in [0.25, 0.3) is 5.91 Å². The van der Waals surface area contributed by atoms with Crippen molar-refractivity contribution in [2.75, 3.05) is 5.32 Å². The number of anilines is 1. The fourth-order valence-corrected chi connectivity index (χ4v) is 1.71. The molecule has 6 heteroatoms. The van der Waals surface area contributed by atoms with E-state index in [1.165, 1.54) is 30.3 Å². The van der Waals surface area contributed by atoms with Gasteiger partial charge in [0, 0.05) is 0 Å². The van der Waals surface area contributed by atoms with Gasteiger partial charge in [0.15, 0.2) is 0 Å². The van der Waals surface area contributed by atoms with Crippen molar-refractivity contribution in [2.24, 2.45) is 0 Å². The topological polar surface area (TPSA) is 42.0 Å². The Hall–Kier alpha value is -1.82. The van der Waals surface area contributed by atoms with E-state index in [4.69, 9.17) is 0 Å². The van der Waals surface area contributed by atoms with Crippen LogP contribution in [0.5, 0.6) is 0 Å². The molecule has 0 aliphatic rings. The molecule has 1 heterocycles. The third-order valence-electron chi connectivity index (χ3n) is 2.15. The van der Waals surface area contributed by atoms with Crippen LogP contribution in [-0.2, 0) is 0 Å². The third-order valence-corrected chi connectivity index (χ3v) is 2.77. The van der Waals surface area contributed by atoms with Crippen LogP contribution in [0.3, 0.4) is 0 Å². The van der Waals surface area contributed by atoms with Gasteiger partial charge in [-0.1, -0.05) is 12.1 Å². The smallest absolute Gasteiger partial charge is 0.259 e. The molecule has 0 bridgehead atoms. The average Bonchev–Trinajstić information content (AvgIpc) is 2.32. The Morgan fingerprint density at radius 2 is 1.89 bits per heavy atom. The highest BCUT2D eigenvalue weighted by molar-refractivity contribution is 9.10. The molecule has 0 spiro atoms. The molecule has 2 rings (SSSR count). The summed E-state index contributed by atoms with van der Waals surface area (Å²) in [5, 5.41) is 2.32. The van der Waals surface area contributed by atoms with Gasteiger partial charge in [0.2, 0.25) is 5.95 Å². The van der Waals surface area contributed by atoms with Gasteiger partial charge in [-0.15, -0.1) is 0 Å². The fraction of sp³-hybridized carbons (Fsp3) is 0. The summed E-state index contributed by atoms with van der Waals surface area (Å²) >= 11 is 2.98. The monoisotopic (exact) mass is 312 g/mol. The first-order chi connectivity index (χ1) is 8.58. The molecule has 1 amide bonds. The first-order valence-corrected chi connectivity index (χ1v) is 5.75. The highest BCUT2D eigenvalue weighted by atomic mass is 79.9. The second-order valence-electron chi connectivity index (χ2n) is 3.40. The first kappa shape index (κ1) is 12.6. The molecule has 0 aliphatic carbocycles. The number of aromatic nitrogens is 1. The minimum absolute atomic E-state index is 0.0272. The van der Waals surface area contributed by atoms with E-state index >= 15 is 0 Å². The molecule has 18 heavy (non-hydrogen) atoms. The Morgan fingerprint density at radius 3 is 2.61 bits per heavy atom. The summed E-state index contributed by atoms with van der Waals surface area (Å²) in [6, 6.07) is 8.30. The summed E-state index contributed by atoms with van der Waals surface area (Å²) < 4.78 is 26.6. The molecule has 0 radical (unpaired) electrons. The Kier molecular flexibility index (Phi) is 3.66. The number of rotatable bonds is 2. The highest BCUT2D eigenvalue weighted by Gasteiger charge is 2.14. The molecule has 1 N–H and O–H groups in total. The summed E-state index contributed by atoms with van der Waals surface area (Å²) in [7, 11) is 0. The fourth-order valence-electron chi connectivity index (χ4n) is 1.34. The Morgan fingerprint density at radius 1 is 1.17 bits per heavy atom. The van der Waals surface area contributed by atoms with Gasteiger partial charge in [-0.25, -0.2) is 9.37 Å². The molecule has 0 aliphatic heterocycles. The van der Waals surface area contributed by atoms with Gasteiger partial charge >= 0.3 is 0 Å². The van der Waals surface area contributed by atoms with Crippen LogP contribution in [0.15, 0.2) is 40.9 Å². The van der Waals surface area contributed by atoms with Crippen LogP contribution in [0.2, 0.25) is 0 Å². The maximum atomic E-state index is 13.6. The van der Waals surface area contributed by atoms with Crippen LogP contribution >= 0.6 is 15.9 Å². The lowest BCUT2D eigenvalue weighted by atomic mass is 10.2. The molecular weight excluding hydrogens is 306 g/mol. The Balaban J connectivity index is 2.25. The van der Waals surface area contributed by atoms with Crippen LogP contribution in [0.4, 0.5) is 14.6 Å². The summed E-state index contributed by atoms with van der Waals surface area (Å²) in [6.45, 7) is 0. The summed E-state index contributed by atoms with van der Waals surface area (Å²) in [5.41, 5.74) is -0.143. The standard InChI is InChI=1S/C12H7BrF2N2O/c13-8-4-1-3-7(11(8)15)12(18)17-10-6-2-5-9(14)16-10/h1-6H,(H,16,17,18). The van der Waals surface area contributed by atoms with Crippen LogP contribution < -0.4 is 5.32 Å². The van der Waals surface area contributed by atoms with Gasteiger partial charge in [0.05, 0.1) is 10.0 Å². The minimum Gasteiger partial charge on any atom is -0.306 e. The van der Waals surface area contributed by atoms with Crippen molar-refractivity contribution in [3.05, 3.63) is 58.2 Å². The lowest BCUT2D eigenvalue weighted by Gasteiger charge is -2.06. The van der Waals surface area contributed by atoms with E-state index < -0.39 is 17.7 Å². The molecule has 1 aromatic carbocycles. The number of halogens is 3. The Bertz CT molecular complexity index is 604. The number of amides is 1. The van der Waals surface area contributed by atoms with Crippen molar-refractivity contribution < 1.29 is 13.6 Å². The van der Waals surface area contributed by atoms with E-state index in [1.54, 1.807) is 0 Å². The van der Waals surface area contributed by atoms with Gasteiger partial charge in [-0.3, -0.25) is 4.79 Å². The number of nitrogens with one attached hydrogen (secondary N) is 1. The van der Waals surface area contributed by atoms with E-state index in [2.05, 4.69) is 26.2 Å². The number of nitrogens with zero attached hydrogens (tertiary/aromatic N) is 1. The maximum Gasteiger partial charge on any atom is 0.259 e. The molecule has 3 nitrogen and oxygen atoms in total. The molecule has 0 atom stereocenters. The van der Waals surface area contributed by atoms with Crippen molar-refractivity contribution in [1.29, 1.82) is 0 Å². The number of benzene rings is 1. The normalized spacial score (nSPS) is 10.2. The molecule has 0 saturated heterocycles. The highest BCUT2D eigenvalue weighted by Crippen LogP contribution is 2.19. The molecule has 1 aromatic heterocycles. The summed E-state index contributed by atoms with van der Waals surface area (Å²) in [6.07, 6.45) is 0. The quantitative estimate of drug-likeness (QED) is 0.864. The van der Waals surface area contributed by atoms with Crippen LogP contribution in [0, 0.1) is 11.8 Å². The van der Waals surface area contributed by atoms with E-state index in [9.17, 15) is 13.6 Å². The minimum atomic E-state index is -0.720. The molecule has 2 aromatic rings. The van der Waals surface area contributed by atoms with Gasteiger partial charge < -0.3 is 5.32 Å². The van der Waals surface area contributed by atoms with Gasteiger partial charge in [0.1, 0.15) is 11.6 Å². The van der Waals surface area contributed by atoms with Crippen molar-refractivity contribution >= 4 is 27.7 Å². The second-order valence-corrected chi connectivity index (χ2v) is 4.26. The number of pyridine rings is 1. The van der Waals surface area contributed by atoms with Crippen molar-refractivity contribution in [3.63, 3.8) is 0 Å². The van der Waals surface area contributed by atoms with E-state index in [-0.39, 0.29) is 15.9 Å². The van der Waals surface area contributed by atoms with Crippen LogP contribution in [0.1, 0.15) is 10.4 Å². The molecular formula is C12H7BrF2N2O. The molecule has 0 fully saturated rings. The molecule has 0 unspecified atom stereocenters. The molecule has 92 valence electrons. The largest absolute Gasteiger partial charge is 0.306 e. The number of hydrogen-bond donors (Lipinski definition) is 1. The first-order valence-electron chi connectivity index (χ1n) is 4.96. The van der Waals surface area contributed by atoms with Gasteiger partial charge in [-0.2, -0.15) is 4.39 Å². The summed E-state index contributed by atoms with van der Waals surface area (Å²) in [5.74, 6) is -2.06. The Labute approximate surface area is 110 Å². The van der Waals surface area contributed by atoms with E-state index in [0.717, 1.165) is 6.07 Å². The zero-order valence-electron chi connectivity index (χ0n) is 8.95. The predicted octanol–water partition coefficient (Wildman–Crippen LogP) is 3.37. The van der Waals surface area contributed by atoms with Crippen LogP contribution in [-0.4, -0.2) is 10.9 Å². The maximum absolute atomic E-state index is 13.6. The summed E-state index contributed by atoms with van der Waals surface area (Å²) in [4.78, 5) is 15.2. The SMILES string of the molecule is O=C(Nc1cccc(F)n1)c1cccc(Br)c1F. The molecule has 0 saturated carbocycles. The van der Waals surface area contributed by atoms with E-state index in [0.29, 0.717) is 0 Å². The second kappa shape index (κ2) is 5.22. The zero-order valence-corrected chi connectivity index (χ0v) is 10.5. The lowest BCUT2D eigenvalue weighted by molar-refractivity contribution is 0.102. The van der Waals surface area contributed by atoms with Crippen molar-refractivity contribution in [1.82, 2.24) is 4.98 Å². The van der Waals surface area contributed by atoms with E-state index in [1.807, 2.05) is 0 Å². The van der Waals surface area contributed by atoms with Crippen molar-refractivity contribution in [3.8, 4) is 0 Å². The average molecular weight is 313 g/mol. The lowest BCUT2D eigenvalue weighted by Crippen LogP contribution is -2.15. The third kappa shape index (κ3) is 2.70. The van der Waals surface area contributed by atoms with Gasteiger partial charge in [-0.05, 0) is 40.2 Å². The number of hydrogen-bond acceptors (Lipinski definition) is 2. The predicted molar refractivity (Wildman–Crippen MR) is 66.2 cm³/mol. The van der Waals surface area contributed by atoms with Crippen molar-refractivity contribution in [2.45, 2.75) is 0 Å². The van der Waals surface area contributed by atoms with Crippen LogP contribution in [0.25, 0.3) is 0 Å². The zero-order chi connectivity index (χ0) is 13.1. The number of carbonyl (C=O) groups excluding carboxylic acids is 1. The number of carbonyl (C=O) groups is 1.